The van der Waals surface area contributed by atoms with Crippen molar-refractivity contribution in [2.75, 3.05) is 0 Å². The van der Waals surface area contributed by atoms with Gasteiger partial charge in [-0.2, -0.15) is 0 Å². The summed E-state index contributed by atoms with van der Waals surface area (Å²) in [7, 11) is 0. The molecule has 0 aromatic heterocycles. The number of hydrogen-bond donors (Lipinski definition) is 0. The molecule has 3 heteroatoms. The molecule has 2 aliphatic carbocycles. The first kappa shape index (κ1) is 31.3. The van der Waals surface area contributed by atoms with Gasteiger partial charge in [-0.1, -0.05) is 0 Å². The van der Waals surface area contributed by atoms with Gasteiger partial charge in [0.25, 0.3) is 0 Å². The molecular weight excluding hydrogens is 667 g/mol. The Morgan fingerprint density at radius 2 is 0.689 bits per heavy atom. The van der Waals surface area contributed by atoms with Gasteiger partial charge in [0, 0.05) is 0 Å². The molecule has 0 unspecified atom stereocenters. The maximum Gasteiger partial charge on any atom is -1.00 e. The third-order valence-electron chi connectivity index (χ3n) is 8.96. The fourth-order valence-electron chi connectivity index (χ4n) is 7.09. The van der Waals surface area contributed by atoms with Crippen LogP contribution in [0.5, 0.6) is 0 Å². The van der Waals surface area contributed by atoms with Crippen molar-refractivity contribution in [1.29, 1.82) is 0 Å². The first-order chi connectivity index (χ1) is 21.3. The quantitative estimate of drug-likeness (QED) is 0.264. The summed E-state index contributed by atoms with van der Waals surface area (Å²) in [6.07, 6.45) is 4.68. The Labute approximate surface area is 288 Å². The van der Waals surface area contributed by atoms with Crippen molar-refractivity contribution in [1.82, 2.24) is 0 Å². The summed E-state index contributed by atoms with van der Waals surface area (Å²) in [6, 6.07) is 49.4. The Bertz CT molecular complexity index is 2160. The summed E-state index contributed by atoms with van der Waals surface area (Å²) in [6.45, 7) is 4.41. The standard InChI is InChI=1S/2C21H15.2ClH.Zr/c2*1-2-17-19(15-8-4-3-5-9-15)12-13-20-18-11-7-6-10-16(18)14-21(17)20;;;/h2*2-13H,1H3;2*1H;/q;;;;+2/p-2. The summed E-state index contributed by atoms with van der Waals surface area (Å²) in [5, 5.41) is 5.64. The fraction of sp³-hybridized carbons (Fsp3) is 0.0476. The molecule has 0 nitrogen and oxygen atoms in total. The molecule has 0 saturated heterocycles. The predicted octanol–water partition coefficient (Wildman–Crippen LogP) is 1.69. The largest absolute Gasteiger partial charge is 1.00 e. The third kappa shape index (κ3) is 5.03. The van der Waals surface area contributed by atoms with Gasteiger partial charge in [0.15, 0.2) is 0 Å². The number of hydrogen-bond acceptors (Lipinski definition) is 0. The summed E-state index contributed by atoms with van der Waals surface area (Å²) in [5.41, 5.74) is 13.6. The topological polar surface area (TPSA) is 0 Å². The summed E-state index contributed by atoms with van der Waals surface area (Å²) >= 11 is -1.33. The molecule has 0 saturated carbocycles. The Morgan fingerprint density at radius 1 is 0.356 bits per heavy atom. The normalized spacial score (nSPS) is 12.8. The molecule has 8 rings (SSSR count). The second-order valence-electron chi connectivity index (χ2n) is 11.2. The molecule has 0 bridgehead atoms. The minimum atomic E-state index is -1.33. The average molecular weight is 697 g/mol. The van der Waals surface area contributed by atoms with Gasteiger partial charge < -0.3 is 24.8 Å². The zero-order valence-electron chi connectivity index (χ0n) is 25.1. The first-order valence-corrected chi connectivity index (χ1v) is 17.5. The smallest absolute Gasteiger partial charge is 1.00 e. The minimum absolute atomic E-state index is 0. The minimum Gasteiger partial charge on any atom is -1.00 e. The molecule has 6 aromatic carbocycles. The van der Waals surface area contributed by atoms with E-state index >= 15 is 0 Å². The molecule has 0 spiro atoms. The molecular formula is C42H30Cl2Zr. The zero-order chi connectivity index (χ0) is 28.9. The van der Waals surface area contributed by atoms with E-state index in [1.165, 1.54) is 76.5 Å². The van der Waals surface area contributed by atoms with Crippen LogP contribution in [0, 0.1) is 0 Å². The fourth-order valence-corrected chi connectivity index (χ4v) is 11.4. The first-order valence-electron chi connectivity index (χ1n) is 15.0. The van der Waals surface area contributed by atoms with Crippen LogP contribution < -0.4 is 45.7 Å². The predicted molar refractivity (Wildman–Crippen MR) is 178 cm³/mol. The van der Waals surface area contributed by atoms with Gasteiger partial charge in [-0.05, 0) is 0 Å². The summed E-state index contributed by atoms with van der Waals surface area (Å²) in [4.78, 5) is 0. The van der Waals surface area contributed by atoms with E-state index in [4.69, 9.17) is 0 Å². The molecule has 0 radical (unpaired) electrons. The van der Waals surface area contributed by atoms with Gasteiger partial charge in [0.2, 0.25) is 0 Å². The van der Waals surface area contributed by atoms with E-state index in [2.05, 4.69) is 159 Å². The van der Waals surface area contributed by atoms with Gasteiger partial charge in [0.05, 0.1) is 0 Å². The molecule has 0 aliphatic heterocycles. The molecule has 2 aliphatic rings. The average Bonchev–Trinajstić information content (AvgIpc) is 3.57. The van der Waals surface area contributed by atoms with Crippen molar-refractivity contribution in [2.45, 2.75) is 13.8 Å². The Morgan fingerprint density at radius 3 is 1.07 bits per heavy atom. The van der Waals surface area contributed by atoms with Crippen LogP contribution in [0.3, 0.4) is 0 Å². The number of halogens is 2. The molecule has 6 aromatic rings. The third-order valence-corrected chi connectivity index (χ3v) is 12.7. The molecule has 45 heavy (non-hydrogen) atoms. The molecule has 0 N–H and O–H groups in total. The van der Waals surface area contributed by atoms with E-state index in [-0.39, 0.29) is 24.8 Å². The number of rotatable bonds is 4. The Kier molecular flexibility index (Phi) is 8.99. The van der Waals surface area contributed by atoms with Crippen molar-refractivity contribution in [3.63, 3.8) is 0 Å². The van der Waals surface area contributed by atoms with Crippen LogP contribution in [0.2, 0.25) is 0 Å². The molecule has 0 amide bonds. The summed E-state index contributed by atoms with van der Waals surface area (Å²) in [5.74, 6) is 0. The van der Waals surface area contributed by atoms with Crippen molar-refractivity contribution < 1.29 is 48.0 Å². The molecule has 0 atom stereocenters. The van der Waals surface area contributed by atoms with Crippen LogP contribution >= 0.6 is 0 Å². The van der Waals surface area contributed by atoms with Crippen LogP contribution in [0.25, 0.3) is 63.2 Å². The van der Waals surface area contributed by atoms with E-state index in [9.17, 15) is 0 Å². The SMILES string of the molecule is CC=c1c(-c2ccccc2)ccc2c1=[C]([Zr+2][C]1=c3c(ccc(-c4ccccc4)c3=CC)-c3ccccc31)c1ccccc1-2.[Cl-].[Cl-]. The van der Waals surface area contributed by atoms with Crippen LogP contribution in [-0.4, -0.2) is 0 Å². The van der Waals surface area contributed by atoms with Gasteiger partial charge in [0.1, 0.15) is 0 Å². The van der Waals surface area contributed by atoms with E-state index in [1.807, 2.05) is 0 Å². The number of fused-ring (bicyclic) bond motifs is 6. The number of benzene rings is 6. The molecule has 0 fully saturated rings. The van der Waals surface area contributed by atoms with E-state index in [0.717, 1.165) is 0 Å². The maximum atomic E-state index is 2.37. The van der Waals surface area contributed by atoms with Crippen molar-refractivity contribution in [3.8, 4) is 44.5 Å². The van der Waals surface area contributed by atoms with Gasteiger partial charge in [-0.15, -0.1) is 0 Å². The molecule has 0 heterocycles. The van der Waals surface area contributed by atoms with E-state index < -0.39 is 23.2 Å². The van der Waals surface area contributed by atoms with Crippen LogP contribution in [0.15, 0.2) is 133 Å². The van der Waals surface area contributed by atoms with Crippen LogP contribution in [-0.2, 0) is 23.2 Å². The maximum absolute atomic E-state index is 2.37. The van der Waals surface area contributed by atoms with Gasteiger partial charge >= 0.3 is 266 Å². The second kappa shape index (κ2) is 12.9. The van der Waals surface area contributed by atoms with Gasteiger partial charge in [-0.25, -0.2) is 0 Å². The van der Waals surface area contributed by atoms with E-state index in [0.29, 0.717) is 0 Å². The second-order valence-corrected chi connectivity index (χ2v) is 14.2. The van der Waals surface area contributed by atoms with Crippen molar-refractivity contribution in [2.24, 2.45) is 0 Å². The Balaban J connectivity index is 0.00000179. The Hall–Kier alpha value is -3.74. The van der Waals surface area contributed by atoms with E-state index in [1.54, 1.807) is 6.56 Å². The monoisotopic (exact) mass is 694 g/mol. The zero-order valence-corrected chi connectivity index (χ0v) is 29.1. The summed E-state index contributed by atoms with van der Waals surface area (Å²) < 4.78 is 3.18. The van der Waals surface area contributed by atoms with Crippen molar-refractivity contribution >= 4 is 18.7 Å². The molecule has 216 valence electrons. The van der Waals surface area contributed by atoms with Crippen LogP contribution in [0.4, 0.5) is 0 Å². The van der Waals surface area contributed by atoms with Crippen molar-refractivity contribution in [3.05, 3.63) is 165 Å². The van der Waals surface area contributed by atoms with Crippen LogP contribution in [0.1, 0.15) is 25.0 Å². The van der Waals surface area contributed by atoms with Gasteiger partial charge in [-0.3, -0.25) is 0 Å².